The molecule has 1 saturated heterocycles. The molecule has 4 rings (SSSR count). The second kappa shape index (κ2) is 8.87. The number of thiazole rings is 1. The Hall–Kier alpha value is -3.60. The molecule has 0 saturated carbocycles. The van der Waals surface area contributed by atoms with Gasteiger partial charge >= 0.3 is 0 Å². The zero-order chi connectivity index (χ0) is 22.8. The Morgan fingerprint density at radius 3 is 2.84 bits per heavy atom. The van der Waals surface area contributed by atoms with Crippen LogP contribution in [0.1, 0.15) is 12.5 Å². The topological polar surface area (TPSA) is 106 Å². The molecule has 3 heterocycles. The summed E-state index contributed by atoms with van der Waals surface area (Å²) in [7, 11) is 1.45. The molecule has 3 aromatic rings. The average Bonchev–Trinajstić information content (AvgIpc) is 3.15. The van der Waals surface area contributed by atoms with Crippen LogP contribution in [0.2, 0.25) is 0 Å². The minimum Gasteiger partial charge on any atom is -0.496 e. The van der Waals surface area contributed by atoms with Gasteiger partial charge in [-0.2, -0.15) is 0 Å². The maximum absolute atomic E-state index is 14.3. The first-order valence-corrected chi connectivity index (χ1v) is 10.5. The van der Waals surface area contributed by atoms with E-state index in [-0.39, 0.29) is 16.5 Å². The third kappa shape index (κ3) is 4.11. The predicted octanol–water partition coefficient (Wildman–Crippen LogP) is 1.63. The fraction of sp³-hybridized carbons (Fsp3) is 0.238. The Labute approximate surface area is 185 Å². The van der Waals surface area contributed by atoms with E-state index in [0.717, 1.165) is 17.7 Å². The van der Waals surface area contributed by atoms with Gasteiger partial charge in [0.15, 0.2) is 5.13 Å². The second-order valence-corrected chi connectivity index (χ2v) is 8.18. The van der Waals surface area contributed by atoms with Crippen LogP contribution >= 0.6 is 11.3 Å². The van der Waals surface area contributed by atoms with Gasteiger partial charge in [0, 0.05) is 18.7 Å². The van der Waals surface area contributed by atoms with E-state index in [4.69, 9.17) is 10.5 Å². The molecule has 0 unspecified atom stereocenters. The molecule has 1 fully saturated rings. The number of benzene rings is 1. The van der Waals surface area contributed by atoms with E-state index in [2.05, 4.69) is 20.3 Å². The number of methoxy groups -OCH3 is 1. The van der Waals surface area contributed by atoms with E-state index in [1.54, 1.807) is 23.1 Å². The normalized spacial score (nSPS) is 16.2. The smallest absolute Gasteiger partial charge is 0.209 e. The zero-order valence-corrected chi connectivity index (χ0v) is 18.1. The SMILES string of the molecule is COC(/C=C/c1ccc(F)c2sc(N)nc12)=c1\c(NC2CN(C=O)C2)ncn\c1=C(\C)F. The number of nitrogen functional groups attached to an aromatic ring is 1. The molecule has 0 atom stereocenters. The molecule has 3 N–H and O–H groups in total. The lowest BCUT2D eigenvalue weighted by Crippen LogP contribution is -2.55. The monoisotopic (exact) mass is 458 g/mol. The predicted molar refractivity (Wildman–Crippen MR) is 120 cm³/mol. The van der Waals surface area contributed by atoms with Gasteiger partial charge in [-0.15, -0.1) is 0 Å². The van der Waals surface area contributed by atoms with Gasteiger partial charge in [0.1, 0.15) is 34.9 Å². The number of amides is 1. The number of nitrogens with one attached hydrogen (secondary N) is 1. The van der Waals surface area contributed by atoms with E-state index in [1.807, 2.05) is 0 Å². The summed E-state index contributed by atoms with van der Waals surface area (Å²) in [5, 5.41) is 3.90. The third-order valence-electron chi connectivity index (χ3n) is 5.00. The molecule has 32 heavy (non-hydrogen) atoms. The number of aromatic nitrogens is 3. The summed E-state index contributed by atoms with van der Waals surface area (Å²) >= 11 is 1.06. The second-order valence-electron chi connectivity index (χ2n) is 7.15. The van der Waals surface area contributed by atoms with Crippen molar-refractivity contribution in [2.24, 2.45) is 0 Å². The minimum atomic E-state index is -0.507. The number of carbonyl (C=O) groups excluding carboxylic acids is 1. The fourth-order valence-electron chi connectivity index (χ4n) is 3.44. The van der Waals surface area contributed by atoms with Gasteiger partial charge in [-0.1, -0.05) is 11.3 Å². The maximum atomic E-state index is 14.3. The van der Waals surface area contributed by atoms with Crippen molar-refractivity contribution in [2.75, 3.05) is 31.2 Å². The number of fused-ring (bicyclic) bond motifs is 1. The summed E-state index contributed by atoms with van der Waals surface area (Å²) in [5.41, 5.74) is 6.80. The number of carbonyl (C=O) groups is 1. The largest absolute Gasteiger partial charge is 0.496 e. The lowest BCUT2D eigenvalue weighted by atomic mass is 10.1. The van der Waals surface area contributed by atoms with Crippen molar-refractivity contribution in [2.45, 2.75) is 13.0 Å². The molecule has 166 valence electrons. The lowest BCUT2D eigenvalue weighted by Gasteiger charge is -2.37. The number of ether oxygens (including phenoxy) is 1. The summed E-state index contributed by atoms with van der Waals surface area (Å²) in [6.45, 7) is 2.32. The minimum absolute atomic E-state index is 0.0293. The number of nitrogens with two attached hydrogens (primary N) is 1. The molecule has 0 aliphatic carbocycles. The Morgan fingerprint density at radius 1 is 1.38 bits per heavy atom. The molecule has 0 bridgehead atoms. The molecular formula is C21H20F2N6O2S. The highest BCUT2D eigenvalue weighted by molar-refractivity contribution is 7.22. The highest BCUT2D eigenvalue weighted by Crippen LogP contribution is 2.29. The number of rotatable bonds is 6. The number of halogens is 2. The van der Waals surface area contributed by atoms with Gasteiger partial charge in [0.25, 0.3) is 0 Å². The van der Waals surface area contributed by atoms with Crippen molar-refractivity contribution < 1.29 is 18.3 Å². The van der Waals surface area contributed by atoms with Gasteiger partial charge in [0.2, 0.25) is 6.41 Å². The van der Waals surface area contributed by atoms with E-state index >= 15 is 0 Å². The van der Waals surface area contributed by atoms with Crippen molar-refractivity contribution in [1.29, 1.82) is 0 Å². The van der Waals surface area contributed by atoms with E-state index in [0.29, 0.717) is 45.7 Å². The fourth-order valence-corrected chi connectivity index (χ4v) is 4.21. The Kier molecular flexibility index (Phi) is 5.99. The highest BCUT2D eigenvalue weighted by atomic mass is 32.1. The van der Waals surface area contributed by atoms with Crippen LogP contribution in [-0.4, -0.2) is 52.5 Å². The first kappa shape index (κ1) is 21.6. The lowest BCUT2D eigenvalue weighted by molar-refractivity contribution is -0.121. The summed E-state index contributed by atoms with van der Waals surface area (Å²) in [6.07, 6.45) is 5.34. The van der Waals surface area contributed by atoms with Crippen LogP contribution in [0.5, 0.6) is 0 Å². The standard InChI is InChI=1S/C21H20F2N6O2S/c1-11(22)17-16(20(26-9-25-17)27-13-7-29(8-13)10-30)15(31-2)6-4-12-3-5-14(23)19-18(12)28-21(24)32-19/h3-6,9-10,13H,7-8H2,1-2H3,(H2,24,28)(H,25,26,27)/b6-4+,16-15-,17-11-. The molecule has 11 heteroatoms. The molecule has 1 aliphatic heterocycles. The summed E-state index contributed by atoms with van der Waals surface area (Å²) < 4.78 is 34.3. The Morgan fingerprint density at radius 2 is 2.16 bits per heavy atom. The van der Waals surface area contributed by atoms with Gasteiger partial charge in [-0.3, -0.25) is 4.79 Å². The van der Waals surface area contributed by atoms with Crippen LogP contribution in [-0.2, 0) is 9.53 Å². The van der Waals surface area contributed by atoms with Crippen LogP contribution in [0.25, 0.3) is 27.9 Å². The summed E-state index contributed by atoms with van der Waals surface area (Å²) in [4.78, 5) is 25.0. The molecule has 0 radical (unpaired) electrons. The molecule has 2 aromatic heterocycles. The molecule has 0 spiro atoms. The van der Waals surface area contributed by atoms with Crippen molar-refractivity contribution >= 4 is 56.6 Å². The number of hydrogen-bond acceptors (Lipinski definition) is 8. The van der Waals surface area contributed by atoms with Crippen LogP contribution < -0.4 is 21.6 Å². The Balaban J connectivity index is 1.83. The third-order valence-corrected chi connectivity index (χ3v) is 5.89. The van der Waals surface area contributed by atoms with Crippen LogP contribution in [0, 0.1) is 5.82 Å². The maximum Gasteiger partial charge on any atom is 0.209 e. The van der Waals surface area contributed by atoms with E-state index in [9.17, 15) is 13.6 Å². The molecule has 8 nitrogen and oxygen atoms in total. The van der Waals surface area contributed by atoms with Crippen molar-refractivity contribution in [1.82, 2.24) is 19.9 Å². The first-order valence-electron chi connectivity index (χ1n) is 9.65. The molecule has 1 aliphatic rings. The van der Waals surface area contributed by atoms with Gasteiger partial charge in [0.05, 0.1) is 28.6 Å². The van der Waals surface area contributed by atoms with Gasteiger partial charge in [-0.05, 0) is 31.2 Å². The number of likely N-dealkylation sites (tertiary alicyclic amines) is 1. The van der Waals surface area contributed by atoms with Crippen LogP contribution in [0.4, 0.5) is 19.7 Å². The van der Waals surface area contributed by atoms with Crippen LogP contribution in [0.15, 0.2) is 24.5 Å². The van der Waals surface area contributed by atoms with Crippen molar-refractivity contribution in [3.8, 4) is 0 Å². The van der Waals surface area contributed by atoms with Gasteiger partial charge < -0.3 is 20.7 Å². The number of nitrogens with zero attached hydrogens (tertiary/aromatic N) is 4. The number of hydrogen-bond donors (Lipinski definition) is 2. The van der Waals surface area contributed by atoms with Crippen molar-refractivity contribution in [3.63, 3.8) is 0 Å². The molecular weight excluding hydrogens is 438 g/mol. The highest BCUT2D eigenvalue weighted by Gasteiger charge is 2.26. The zero-order valence-electron chi connectivity index (χ0n) is 17.3. The number of anilines is 2. The van der Waals surface area contributed by atoms with Gasteiger partial charge in [-0.25, -0.2) is 23.7 Å². The quantitative estimate of drug-likeness (QED) is 0.541. The van der Waals surface area contributed by atoms with E-state index < -0.39 is 11.6 Å². The van der Waals surface area contributed by atoms with Crippen LogP contribution in [0.3, 0.4) is 0 Å². The molecule has 1 aromatic carbocycles. The molecule has 1 amide bonds. The average molecular weight is 458 g/mol. The summed E-state index contributed by atoms with van der Waals surface area (Å²) in [6, 6.07) is 2.89. The van der Waals surface area contributed by atoms with E-state index in [1.165, 1.54) is 26.4 Å². The summed E-state index contributed by atoms with van der Waals surface area (Å²) in [5.74, 6) is -0.230. The van der Waals surface area contributed by atoms with Crippen molar-refractivity contribution in [3.05, 3.63) is 46.5 Å². The first-order chi connectivity index (χ1) is 15.4. The Bertz CT molecular complexity index is 1330.